The SMILES string of the molecule is CCCCC(CN)(C(C)Br)C(N)CCC. The lowest BCUT2D eigenvalue weighted by molar-refractivity contribution is 0.199. The van der Waals surface area contributed by atoms with Gasteiger partial charge in [0.15, 0.2) is 0 Å². The lowest BCUT2D eigenvalue weighted by Gasteiger charge is -2.41. The fourth-order valence-corrected chi connectivity index (χ4v) is 2.95. The predicted molar refractivity (Wildman–Crippen MR) is 72.3 cm³/mol. The number of hydrogen-bond acceptors (Lipinski definition) is 2. The second kappa shape index (κ2) is 7.64. The van der Waals surface area contributed by atoms with Crippen LogP contribution in [0.25, 0.3) is 0 Å². The quantitative estimate of drug-likeness (QED) is 0.671. The number of alkyl halides is 1. The Morgan fingerprint density at radius 2 is 1.87 bits per heavy atom. The van der Waals surface area contributed by atoms with Gasteiger partial charge in [0.25, 0.3) is 0 Å². The Bertz CT molecular complexity index is 162. The molecule has 4 N–H and O–H groups in total. The van der Waals surface area contributed by atoms with Gasteiger partial charge >= 0.3 is 0 Å². The molecule has 0 saturated heterocycles. The molecule has 0 aliphatic carbocycles. The van der Waals surface area contributed by atoms with Crippen molar-refractivity contribution in [1.29, 1.82) is 0 Å². The maximum Gasteiger partial charge on any atom is 0.0200 e. The van der Waals surface area contributed by atoms with E-state index in [1.165, 1.54) is 12.8 Å². The minimum absolute atomic E-state index is 0.0754. The molecule has 3 heteroatoms. The summed E-state index contributed by atoms with van der Waals surface area (Å²) in [5.74, 6) is 0. The average Bonchev–Trinajstić information content (AvgIpc) is 2.19. The third-order valence-electron chi connectivity index (χ3n) is 3.51. The zero-order valence-corrected chi connectivity index (χ0v) is 12.0. The molecule has 2 nitrogen and oxygen atoms in total. The molecule has 0 aromatic heterocycles. The molecule has 0 saturated carbocycles. The Labute approximate surface area is 103 Å². The Kier molecular flexibility index (Phi) is 7.84. The van der Waals surface area contributed by atoms with Crippen molar-refractivity contribution >= 4 is 15.9 Å². The Morgan fingerprint density at radius 1 is 1.27 bits per heavy atom. The topological polar surface area (TPSA) is 52.0 Å². The predicted octanol–water partition coefficient (Wildman–Crippen LogP) is 3.03. The summed E-state index contributed by atoms with van der Waals surface area (Å²) in [6.45, 7) is 7.25. The lowest BCUT2D eigenvalue weighted by Crippen LogP contribution is -2.51. The van der Waals surface area contributed by atoms with Crippen LogP contribution in [0.5, 0.6) is 0 Å². The van der Waals surface area contributed by atoms with E-state index >= 15 is 0 Å². The summed E-state index contributed by atoms with van der Waals surface area (Å²) in [6.07, 6.45) is 5.75. The molecule has 0 aliphatic heterocycles. The largest absolute Gasteiger partial charge is 0.330 e. The van der Waals surface area contributed by atoms with Crippen molar-refractivity contribution in [2.45, 2.75) is 63.7 Å². The summed E-state index contributed by atoms with van der Waals surface area (Å²) in [6, 6.07) is 0.216. The summed E-state index contributed by atoms with van der Waals surface area (Å²) in [5, 5.41) is 0. The van der Waals surface area contributed by atoms with Crippen molar-refractivity contribution in [1.82, 2.24) is 0 Å². The molecule has 0 rings (SSSR count). The minimum Gasteiger partial charge on any atom is -0.330 e. The highest BCUT2D eigenvalue weighted by atomic mass is 79.9. The van der Waals surface area contributed by atoms with Crippen molar-refractivity contribution in [3.63, 3.8) is 0 Å². The van der Waals surface area contributed by atoms with Crippen LogP contribution in [0.1, 0.15) is 52.9 Å². The van der Waals surface area contributed by atoms with Gasteiger partial charge in [-0.05, 0) is 12.8 Å². The first-order valence-electron chi connectivity index (χ1n) is 6.14. The van der Waals surface area contributed by atoms with Gasteiger partial charge < -0.3 is 11.5 Å². The van der Waals surface area contributed by atoms with Crippen molar-refractivity contribution in [3.8, 4) is 0 Å². The zero-order valence-electron chi connectivity index (χ0n) is 10.4. The smallest absolute Gasteiger partial charge is 0.0200 e. The molecule has 15 heavy (non-hydrogen) atoms. The third-order valence-corrected chi connectivity index (χ3v) is 4.42. The molecule has 92 valence electrons. The highest BCUT2D eigenvalue weighted by Gasteiger charge is 2.38. The molecule has 0 radical (unpaired) electrons. The van der Waals surface area contributed by atoms with Crippen LogP contribution in [0.15, 0.2) is 0 Å². The maximum absolute atomic E-state index is 6.31. The van der Waals surface area contributed by atoms with E-state index in [9.17, 15) is 0 Å². The molecule has 0 heterocycles. The highest BCUT2D eigenvalue weighted by Crippen LogP contribution is 2.36. The summed E-state index contributed by atoms with van der Waals surface area (Å²) < 4.78 is 0. The lowest BCUT2D eigenvalue weighted by atomic mass is 9.72. The van der Waals surface area contributed by atoms with E-state index in [0.717, 1.165) is 19.3 Å². The van der Waals surface area contributed by atoms with Crippen molar-refractivity contribution in [2.75, 3.05) is 6.54 Å². The van der Waals surface area contributed by atoms with Gasteiger partial charge in [0, 0.05) is 22.8 Å². The molecular formula is C12H27BrN2. The van der Waals surface area contributed by atoms with Gasteiger partial charge in [-0.15, -0.1) is 0 Å². The Morgan fingerprint density at radius 3 is 2.20 bits per heavy atom. The van der Waals surface area contributed by atoms with Crippen LogP contribution in [-0.2, 0) is 0 Å². The fourth-order valence-electron chi connectivity index (χ4n) is 2.20. The summed E-state index contributed by atoms with van der Waals surface area (Å²) in [7, 11) is 0. The van der Waals surface area contributed by atoms with Crippen LogP contribution in [0, 0.1) is 5.41 Å². The second-order valence-electron chi connectivity index (χ2n) is 4.55. The van der Waals surface area contributed by atoms with E-state index in [-0.39, 0.29) is 11.5 Å². The van der Waals surface area contributed by atoms with Crippen LogP contribution in [-0.4, -0.2) is 17.4 Å². The number of rotatable bonds is 8. The van der Waals surface area contributed by atoms with Crippen molar-refractivity contribution < 1.29 is 0 Å². The molecule has 0 fully saturated rings. The maximum atomic E-state index is 6.31. The normalized spacial score (nSPS) is 19.6. The van der Waals surface area contributed by atoms with Gasteiger partial charge in [-0.3, -0.25) is 0 Å². The van der Waals surface area contributed by atoms with Gasteiger partial charge in [-0.2, -0.15) is 0 Å². The van der Waals surface area contributed by atoms with Crippen molar-refractivity contribution in [2.24, 2.45) is 16.9 Å². The molecule has 3 atom stereocenters. The zero-order chi connectivity index (χ0) is 11.9. The highest BCUT2D eigenvalue weighted by molar-refractivity contribution is 9.09. The molecule has 0 bridgehead atoms. The van der Waals surface area contributed by atoms with Gasteiger partial charge in [0.2, 0.25) is 0 Å². The molecule has 3 unspecified atom stereocenters. The minimum atomic E-state index is 0.0754. The van der Waals surface area contributed by atoms with E-state index in [0.29, 0.717) is 11.4 Å². The number of nitrogens with two attached hydrogens (primary N) is 2. The monoisotopic (exact) mass is 278 g/mol. The summed E-state index contributed by atoms with van der Waals surface area (Å²) in [4.78, 5) is 0.392. The van der Waals surface area contributed by atoms with Crippen LogP contribution in [0.3, 0.4) is 0 Å². The van der Waals surface area contributed by atoms with E-state index in [1.807, 2.05) is 0 Å². The van der Waals surface area contributed by atoms with Crippen LogP contribution >= 0.6 is 15.9 Å². The molecule has 0 amide bonds. The van der Waals surface area contributed by atoms with E-state index in [4.69, 9.17) is 11.5 Å². The Balaban J connectivity index is 4.63. The van der Waals surface area contributed by atoms with Crippen LogP contribution in [0.2, 0.25) is 0 Å². The Hall–Kier alpha value is 0.400. The number of unbranched alkanes of at least 4 members (excludes halogenated alkanes) is 1. The first-order chi connectivity index (χ1) is 7.05. The van der Waals surface area contributed by atoms with Crippen LogP contribution < -0.4 is 11.5 Å². The molecule has 0 aromatic rings. The van der Waals surface area contributed by atoms with Crippen molar-refractivity contribution in [3.05, 3.63) is 0 Å². The molecule has 0 aliphatic rings. The first-order valence-corrected chi connectivity index (χ1v) is 7.06. The summed E-state index contributed by atoms with van der Waals surface area (Å²) >= 11 is 3.70. The van der Waals surface area contributed by atoms with Gasteiger partial charge in [-0.1, -0.05) is 56.0 Å². The fraction of sp³-hybridized carbons (Fsp3) is 1.00. The van der Waals surface area contributed by atoms with Crippen LogP contribution in [0.4, 0.5) is 0 Å². The first kappa shape index (κ1) is 15.4. The van der Waals surface area contributed by atoms with Gasteiger partial charge in [-0.25, -0.2) is 0 Å². The third kappa shape index (κ3) is 4.04. The summed E-state index contributed by atoms with van der Waals surface area (Å²) in [5.41, 5.74) is 12.4. The average molecular weight is 279 g/mol. The van der Waals surface area contributed by atoms with Gasteiger partial charge in [0.1, 0.15) is 0 Å². The second-order valence-corrected chi connectivity index (χ2v) is 5.93. The van der Waals surface area contributed by atoms with Gasteiger partial charge in [0.05, 0.1) is 0 Å². The van der Waals surface area contributed by atoms with E-state index < -0.39 is 0 Å². The molecule has 0 spiro atoms. The van der Waals surface area contributed by atoms with E-state index in [1.54, 1.807) is 0 Å². The van der Waals surface area contributed by atoms with E-state index in [2.05, 4.69) is 36.7 Å². The molecule has 0 aromatic carbocycles. The standard InChI is InChI=1S/C12H27BrN2/c1-4-6-8-12(9-14,10(3)13)11(15)7-5-2/h10-11H,4-9,14-15H2,1-3H3. The number of halogens is 1. The number of hydrogen-bond donors (Lipinski definition) is 2. The molecular weight excluding hydrogens is 252 g/mol.